The second-order valence-corrected chi connectivity index (χ2v) is 12.2. The summed E-state index contributed by atoms with van der Waals surface area (Å²) < 4.78 is 40.2. The van der Waals surface area contributed by atoms with E-state index in [1.54, 1.807) is 57.2 Å². The van der Waals surface area contributed by atoms with Gasteiger partial charge in [-0.2, -0.15) is 4.98 Å². The molecule has 1 atom stereocenters. The van der Waals surface area contributed by atoms with Crippen LogP contribution in [0, 0.1) is 11.6 Å². The third kappa shape index (κ3) is 8.39. The number of carboxylic acids is 1. The minimum absolute atomic E-state index is 0.0131. The van der Waals surface area contributed by atoms with Gasteiger partial charge in [-0.3, -0.25) is 10.1 Å². The van der Waals surface area contributed by atoms with Crippen LogP contribution in [0.3, 0.4) is 0 Å². The molecule has 1 aromatic heterocycles. The van der Waals surface area contributed by atoms with Crippen LogP contribution >= 0.6 is 11.6 Å². The fourth-order valence-corrected chi connectivity index (χ4v) is 4.82. The Kier molecular flexibility index (Phi) is 9.85. The molecule has 13 heteroatoms. The lowest BCUT2D eigenvalue weighted by Crippen LogP contribution is -2.42. The van der Waals surface area contributed by atoms with Gasteiger partial charge in [0.15, 0.2) is 0 Å². The highest BCUT2D eigenvalue weighted by Gasteiger charge is 2.23. The van der Waals surface area contributed by atoms with Gasteiger partial charge in [-0.05, 0) is 98.6 Å². The van der Waals surface area contributed by atoms with Crippen molar-refractivity contribution < 1.29 is 37.5 Å². The van der Waals surface area contributed by atoms with E-state index < -0.39 is 41.2 Å². The van der Waals surface area contributed by atoms with Crippen LogP contribution in [0.25, 0.3) is 34.0 Å². The number of hydrogen-bond donors (Lipinski definition) is 3. The highest BCUT2D eigenvalue weighted by molar-refractivity contribution is 6.30. The Hall–Kier alpha value is -5.62. The lowest BCUT2D eigenvalue weighted by Gasteiger charge is -2.19. The largest absolute Gasteiger partial charge is 0.480 e. The zero-order chi connectivity index (χ0) is 34.6. The van der Waals surface area contributed by atoms with Gasteiger partial charge >= 0.3 is 12.1 Å². The molecule has 0 bridgehead atoms. The van der Waals surface area contributed by atoms with Crippen molar-refractivity contribution in [1.29, 1.82) is 0 Å². The van der Waals surface area contributed by atoms with E-state index >= 15 is 4.39 Å². The molecule has 0 fully saturated rings. The molecule has 3 N–H and O–H groups in total. The van der Waals surface area contributed by atoms with Crippen molar-refractivity contribution in [2.45, 2.75) is 38.8 Å². The van der Waals surface area contributed by atoms with Crippen LogP contribution in [0.1, 0.15) is 36.7 Å². The van der Waals surface area contributed by atoms with Gasteiger partial charge in [-0.1, -0.05) is 35.0 Å². The Balaban J connectivity index is 1.25. The predicted octanol–water partition coefficient (Wildman–Crippen LogP) is 7.77. The number of nitrogens with one attached hydrogen (secondary N) is 2. The molecule has 0 saturated heterocycles. The third-order valence-electron chi connectivity index (χ3n) is 6.89. The fraction of sp³-hybridized carbons (Fsp3) is 0.171. The lowest BCUT2D eigenvalue weighted by atomic mass is 10.0. The number of nitrogens with zero attached hydrogens (tertiary/aromatic N) is 2. The first-order valence-electron chi connectivity index (χ1n) is 14.6. The number of halogens is 3. The minimum atomic E-state index is -1.40. The van der Waals surface area contributed by atoms with Crippen LogP contribution in [-0.4, -0.2) is 44.9 Å². The van der Waals surface area contributed by atoms with Crippen molar-refractivity contribution >= 4 is 35.3 Å². The Morgan fingerprint density at radius 3 is 2.29 bits per heavy atom. The number of carbonyl (C=O) groups excluding carboxylic acids is 2. The molecule has 2 amide bonds. The Morgan fingerprint density at radius 1 is 0.917 bits per heavy atom. The van der Waals surface area contributed by atoms with Crippen LogP contribution in [0.5, 0.6) is 0 Å². The van der Waals surface area contributed by atoms with Gasteiger partial charge in [0, 0.05) is 33.8 Å². The average molecular weight is 675 g/mol. The summed E-state index contributed by atoms with van der Waals surface area (Å²) in [4.78, 5) is 41.3. The van der Waals surface area contributed by atoms with Crippen LogP contribution in [-0.2, 0) is 16.0 Å². The molecule has 5 aromatic rings. The average Bonchev–Trinajstić information content (AvgIpc) is 3.50. The third-order valence-corrected chi connectivity index (χ3v) is 7.12. The number of amides is 2. The second-order valence-electron chi connectivity index (χ2n) is 11.7. The van der Waals surface area contributed by atoms with E-state index in [2.05, 4.69) is 20.8 Å². The number of aromatic nitrogens is 2. The minimum Gasteiger partial charge on any atom is -0.480 e. The Morgan fingerprint density at radius 2 is 1.62 bits per heavy atom. The van der Waals surface area contributed by atoms with Gasteiger partial charge < -0.3 is 19.7 Å². The van der Waals surface area contributed by atoms with Gasteiger partial charge in [0.2, 0.25) is 5.82 Å². The Labute approximate surface area is 278 Å². The van der Waals surface area contributed by atoms with Crippen LogP contribution in [0.2, 0.25) is 5.02 Å². The number of carboxylic acid groups (broad SMARTS) is 1. The molecule has 0 spiro atoms. The summed E-state index contributed by atoms with van der Waals surface area (Å²) in [7, 11) is 0. The van der Waals surface area contributed by atoms with E-state index in [9.17, 15) is 23.9 Å². The summed E-state index contributed by atoms with van der Waals surface area (Å²) in [5.74, 6) is -3.27. The van der Waals surface area contributed by atoms with Crippen molar-refractivity contribution in [1.82, 2.24) is 15.5 Å². The number of anilines is 1. The molecule has 1 heterocycles. The molecule has 5 rings (SSSR count). The Bertz CT molecular complexity index is 1990. The van der Waals surface area contributed by atoms with Crippen molar-refractivity contribution in [2.24, 2.45) is 0 Å². The van der Waals surface area contributed by atoms with E-state index in [-0.39, 0.29) is 45.4 Å². The molecule has 0 aliphatic rings. The SMILES string of the molecule is CC(C)(C)OC(=O)Nc1ccc(-c2nc(-c3ccc(CC(NC(=O)c4cccc(-c5ccc(Cl)cc5F)c4)C(=O)O)cc3F)no2)cc1. The van der Waals surface area contributed by atoms with Gasteiger partial charge in [0.25, 0.3) is 11.8 Å². The molecule has 48 heavy (non-hydrogen) atoms. The molecular formula is C35H29ClF2N4O6. The lowest BCUT2D eigenvalue weighted by molar-refractivity contribution is -0.139. The van der Waals surface area contributed by atoms with Crippen LogP contribution in [0.15, 0.2) is 89.5 Å². The van der Waals surface area contributed by atoms with E-state index in [4.69, 9.17) is 20.9 Å². The summed E-state index contributed by atoms with van der Waals surface area (Å²) in [6.45, 7) is 5.26. The number of ether oxygens (including phenoxy) is 1. The zero-order valence-corrected chi connectivity index (χ0v) is 26.6. The summed E-state index contributed by atoms with van der Waals surface area (Å²) >= 11 is 5.84. The molecular weight excluding hydrogens is 646 g/mol. The van der Waals surface area contributed by atoms with Crippen LogP contribution < -0.4 is 10.6 Å². The molecule has 0 aliphatic carbocycles. The molecule has 0 aliphatic heterocycles. The number of rotatable bonds is 9. The van der Waals surface area contributed by atoms with Gasteiger partial charge in [0.1, 0.15) is 23.3 Å². The first-order chi connectivity index (χ1) is 22.8. The first-order valence-corrected chi connectivity index (χ1v) is 15.0. The maximum absolute atomic E-state index is 15.2. The maximum Gasteiger partial charge on any atom is 0.412 e. The van der Waals surface area contributed by atoms with Gasteiger partial charge in [-0.15, -0.1) is 0 Å². The molecule has 10 nitrogen and oxygen atoms in total. The fourth-order valence-electron chi connectivity index (χ4n) is 4.66. The monoisotopic (exact) mass is 674 g/mol. The topological polar surface area (TPSA) is 144 Å². The zero-order valence-electron chi connectivity index (χ0n) is 25.9. The van der Waals surface area contributed by atoms with Crippen molar-refractivity contribution in [3.8, 4) is 34.0 Å². The standard InChI is InChI=1S/C35H29ClF2N4O6/c1-35(2,3)47-34(46)39-24-11-8-20(9-12-24)32-41-30(42-48-32)26-13-7-19(15-27(26)37)16-29(33(44)45)40-31(43)22-6-4-5-21(17-22)25-14-10-23(36)18-28(25)38/h4-15,17-18,29H,16H2,1-3H3,(H,39,46)(H,40,43)(H,44,45). The highest BCUT2D eigenvalue weighted by atomic mass is 35.5. The van der Waals surface area contributed by atoms with Crippen LogP contribution in [0.4, 0.5) is 19.3 Å². The number of hydrogen-bond acceptors (Lipinski definition) is 7. The molecule has 0 radical (unpaired) electrons. The molecule has 1 unspecified atom stereocenters. The highest BCUT2D eigenvalue weighted by Crippen LogP contribution is 2.28. The molecule has 0 saturated carbocycles. The van der Waals surface area contributed by atoms with E-state index in [0.717, 1.165) is 12.1 Å². The predicted molar refractivity (Wildman–Crippen MR) is 174 cm³/mol. The van der Waals surface area contributed by atoms with Crippen molar-refractivity contribution in [2.75, 3.05) is 5.32 Å². The summed E-state index contributed by atoms with van der Waals surface area (Å²) in [6.07, 6.45) is -0.838. The number of benzene rings is 4. The van der Waals surface area contributed by atoms with E-state index in [1.807, 2.05) is 0 Å². The summed E-state index contributed by atoms with van der Waals surface area (Å²) in [5, 5.41) is 19.0. The van der Waals surface area contributed by atoms with Gasteiger partial charge in [0.05, 0.1) is 5.56 Å². The summed E-state index contributed by atoms with van der Waals surface area (Å²) in [5.41, 5.74) is 1.38. The van der Waals surface area contributed by atoms with E-state index in [0.29, 0.717) is 16.8 Å². The van der Waals surface area contributed by atoms with E-state index in [1.165, 1.54) is 36.4 Å². The smallest absolute Gasteiger partial charge is 0.412 e. The number of aliphatic carboxylic acids is 1. The quantitative estimate of drug-likeness (QED) is 0.144. The molecule has 246 valence electrons. The molecule has 4 aromatic carbocycles. The summed E-state index contributed by atoms with van der Waals surface area (Å²) in [6, 6.07) is 19.3. The maximum atomic E-state index is 15.2. The second kappa shape index (κ2) is 14.0. The first kappa shape index (κ1) is 33.7. The van der Waals surface area contributed by atoms with Crippen molar-refractivity contribution in [3.05, 3.63) is 113 Å². The normalized spacial score (nSPS) is 11.9. The van der Waals surface area contributed by atoms with Crippen molar-refractivity contribution in [3.63, 3.8) is 0 Å². The number of carbonyl (C=O) groups is 3. The van der Waals surface area contributed by atoms with Gasteiger partial charge in [-0.25, -0.2) is 18.4 Å².